The van der Waals surface area contributed by atoms with Crippen LogP contribution in [0.5, 0.6) is 0 Å². The molecule has 2 aromatic rings. The van der Waals surface area contributed by atoms with E-state index in [9.17, 15) is 19.2 Å². The molecule has 0 aliphatic heterocycles. The molecule has 4 N–H and O–H groups in total. The first-order chi connectivity index (χ1) is 9.43. The van der Waals surface area contributed by atoms with E-state index in [-0.39, 0.29) is 22.3 Å². The molecule has 2 aromatic carbocycles. The van der Waals surface area contributed by atoms with Crippen molar-refractivity contribution < 1.29 is 19.2 Å². The number of nitrogens with two attached hydrogens (primary N) is 2. The van der Waals surface area contributed by atoms with Gasteiger partial charge >= 0.3 is 0 Å². The Morgan fingerprint density at radius 1 is 0.950 bits per heavy atom. The van der Waals surface area contributed by atoms with Gasteiger partial charge in [0, 0.05) is 16.5 Å². The van der Waals surface area contributed by atoms with Crippen molar-refractivity contribution in [2.24, 2.45) is 11.5 Å². The maximum atomic E-state index is 12.1. The van der Waals surface area contributed by atoms with Crippen LogP contribution < -0.4 is 11.5 Å². The minimum atomic E-state index is -0.964. The molecule has 0 radical (unpaired) electrons. The van der Waals surface area contributed by atoms with Crippen molar-refractivity contribution in [1.29, 1.82) is 0 Å². The first-order valence-electron chi connectivity index (χ1n) is 5.72. The number of rotatable bonds is 2. The summed E-state index contributed by atoms with van der Waals surface area (Å²) in [4.78, 5) is 47.0. The van der Waals surface area contributed by atoms with E-state index in [1.807, 2.05) is 0 Å². The Bertz CT molecular complexity index is 852. The minimum absolute atomic E-state index is 0.121. The third-order valence-corrected chi connectivity index (χ3v) is 3.36. The van der Waals surface area contributed by atoms with Crippen LogP contribution in [0.2, 0.25) is 0 Å². The fraction of sp³-hybridized carbons (Fsp3) is 0. The maximum Gasteiger partial charge on any atom is 0.250 e. The highest BCUT2D eigenvalue weighted by atomic mass is 16.2. The molecule has 0 atom stereocenters. The van der Waals surface area contributed by atoms with Crippen LogP contribution in [0.4, 0.5) is 0 Å². The molecule has 2 amide bonds. The van der Waals surface area contributed by atoms with E-state index in [4.69, 9.17) is 11.5 Å². The first kappa shape index (κ1) is 12.0. The van der Waals surface area contributed by atoms with Gasteiger partial charge in [0.2, 0.25) is 23.4 Å². The fourth-order valence-corrected chi connectivity index (χ4v) is 2.56. The molecule has 6 nitrogen and oxygen atoms in total. The molecule has 0 heterocycles. The maximum absolute atomic E-state index is 12.1. The number of carbonyl (C=O) groups is 4. The molecule has 0 spiro atoms. The van der Waals surface area contributed by atoms with Gasteiger partial charge in [-0.05, 0) is 11.5 Å². The number of hydrogen-bond acceptors (Lipinski definition) is 4. The number of hydrogen-bond donors (Lipinski definition) is 2. The van der Waals surface area contributed by atoms with Gasteiger partial charge in [-0.15, -0.1) is 0 Å². The Balaban J connectivity index is 2.60. The second-order valence-electron chi connectivity index (χ2n) is 4.46. The highest BCUT2D eigenvalue weighted by molar-refractivity contribution is 6.58. The summed E-state index contributed by atoms with van der Waals surface area (Å²) >= 11 is 0. The lowest BCUT2D eigenvalue weighted by Crippen LogP contribution is -2.24. The Morgan fingerprint density at radius 3 is 2.25 bits per heavy atom. The summed E-state index contributed by atoms with van der Waals surface area (Å²) in [5.41, 5.74) is 10.1. The predicted octanol–water partition coefficient (Wildman–Crippen LogP) is 0.417. The van der Waals surface area contributed by atoms with Gasteiger partial charge in [-0.1, -0.05) is 18.2 Å². The Morgan fingerprint density at radius 2 is 1.65 bits per heavy atom. The summed E-state index contributed by atoms with van der Waals surface area (Å²) < 4.78 is 0. The van der Waals surface area contributed by atoms with Crippen molar-refractivity contribution in [3.8, 4) is 0 Å². The minimum Gasteiger partial charge on any atom is -0.366 e. The summed E-state index contributed by atoms with van der Waals surface area (Å²) in [5.74, 6) is -3.40. The predicted molar refractivity (Wildman–Crippen MR) is 69.6 cm³/mol. The molecule has 1 aliphatic rings. The van der Waals surface area contributed by atoms with Crippen LogP contribution in [0.25, 0.3) is 10.8 Å². The Hall–Kier alpha value is -3.02. The summed E-state index contributed by atoms with van der Waals surface area (Å²) in [7, 11) is 0. The smallest absolute Gasteiger partial charge is 0.250 e. The largest absolute Gasteiger partial charge is 0.366 e. The van der Waals surface area contributed by atoms with Gasteiger partial charge in [0.15, 0.2) is 0 Å². The zero-order valence-corrected chi connectivity index (χ0v) is 10.1. The van der Waals surface area contributed by atoms with Crippen LogP contribution >= 0.6 is 0 Å². The topological polar surface area (TPSA) is 120 Å². The van der Waals surface area contributed by atoms with Gasteiger partial charge in [-0.25, -0.2) is 0 Å². The molecule has 20 heavy (non-hydrogen) atoms. The third kappa shape index (κ3) is 1.33. The van der Waals surface area contributed by atoms with E-state index < -0.39 is 23.4 Å². The van der Waals surface area contributed by atoms with Gasteiger partial charge in [0.1, 0.15) is 0 Å². The number of Topliss-reactive ketones (excluding diaryl/α,β-unsaturated/α-hetero) is 2. The van der Waals surface area contributed by atoms with E-state index in [1.54, 1.807) is 12.1 Å². The van der Waals surface area contributed by atoms with Crippen LogP contribution in [-0.2, 0) is 0 Å². The summed E-state index contributed by atoms with van der Waals surface area (Å²) in [6.45, 7) is 0. The van der Waals surface area contributed by atoms with Gasteiger partial charge < -0.3 is 11.5 Å². The van der Waals surface area contributed by atoms with Gasteiger partial charge in [0.05, 0.1) is 11.1 Å². The second-order valence-corrected chi connectivity index (χ2v) is 4.46. The Labute approximate surface area is 112 Å². The summed E-state index contributed by atoms with van der Waals surface area (Å²) in [5, 5.41) is 0.844. The van der Waals surface area contributed by atoms with E-state index >= 15 is 0 Å². The molecule has 0 fully saturated rings. The summed E-state index contributed by atoms with van der Waals surface area (Å²) in [6, 6.07) is 6.09. The first-order valence-corrected chi connectivity index (χ1v) is 5.72. The highest BCUT2D eigenvalue weighted by Gasteiger charge is 2.36. The van der Waals surface area contributed by atoms with Crippen LogP contribution in [0.15, 0.2) is 24.3 Å². The molecule has 98 valence electrons. The van der Waals surface area contributed by atoms with Gasteiger partial charge in [0.25, 0.3) is 0 Å². The van der Waals surface area contributed by atoms with Crippen molar-refractivity contribution in [3.63, 3.8) is 0 Å². The Kier molecular flexibility index (Phi) is 2.25. The molecule has 6 heteroatoms. The van der Waals surface area contributed by atoms with Crippen molar-refractivity contribution in [2.45, 2.75) is 0 Å². The molecule has 0 bridgehead atoms. The molecule has 0 saturated carbocycles. The SMILES string of the molecule is NC(=O)c1cc2cccc3c2c(c1C(N)=O)C(=O)C3=O. The van der Waals surface area contributed by atoms with E-state index in [2.05, 4.69) is 0 Å². The number of amides is 2. The normalized spacial score (nSPS) is 13.0. The van der Waals surface area contributed by atoms with Crippen LogP contribution in [0.1, 0.15) is 41.4 Å². The van der Waals surface area contributed by atoms with E-state index in [1.165, 1.54) is 12.1 Å². The molecule has 0 aromatic heterocycles. The molecular formula is C14H8N2O4. The average molecular weight is 268 g/mol. The average Bonchev–Trinajstić information content (AvgIpc) is 2.65. The van der Waals surface area contributed by atoms with E-state index in [0.29, 0.717) is 10.8 Å². The quantitative estimate of drug-likeness (QED) is 0.766. The zero-order chi connectivity index (χ0) is 14.6. The monoisotopic (exact) mass is 268 g/mol. The number of ketones is 2. The van der Waals surface area contributed by atoms with Crippen molar-refractivity contribution >= 4 is 34.2 Å². The molecular weight excluding hydrogens is 260 g/mol. The van der Waals surface area contributed by atoms with E-state index in [0.717, 1.165) is 0 Å². The number of benzene rings is 2. The van der Waals surface area contributed by atoms with Crippen molar-refractivity contribution in [3.05, 3.63) is 46.5 Å². The second kappa shape index (κ2) is 3.74. The lowest BCUT2D eigenvalue weighted by molar-refractivity contribution is 0.0823. The van der Waals surface area contributed by atoms with Gasteiger partial charge in [-0.2, -0.15) is 0 Å². The standard InChI is InChI=1S/C14H8N2O4/c15-13(19)7-4-5-2-1-3-6-8(5)10(9(7)14(16)20)12(18)11(6)17/h1-4H,(H2,15,19)(H2,16,20). The molecule has 0 unspecified atom stereocenters. The summed E-state index contributed by atoms with van der Waals surface area (Å²) in [6.07, 6.45) is 0. The lowest BCUT2D eigenvalue weighted by atomic mass is 9.94. The molecule has 1 aliphatic carbocycles. The highest BCUT2D eigenvalue weighted by Crippen LogP contribution is 2.34. The lowest BCUT2D eigenvalue weighted by Gasteiger charge is -2.09. The van der Waals surface area contributed by atoms with Crippen molar-refractivity contribution in [1.82, 2.24) is 0 Å². The molecule has 3 rings (SSSR count). The van der Waals surface area contributed by atoms with Crippen LogP contribution in [-0.4, -0.2) is 23.4 Å². The zero-order valence-electron chi connectivity index (χ0n) is 10.1. The number of primary amides is 2. The fourth-order valence-electron chi connectivity index (χ4n) is 2.56. The number of carbonyl (C=O) groups excluding carboxylic acids is 4. The molecule has 0 saturated heterocycles. The van der Waals surface area contributed by atoms with Crippen LogP contribution in [0, 0.1) is 0 Å². The van der Waals surface area contributed by atoms with Crippen molar-refractivity contribution in [2.75, 3.05) is 0 Å². The van der Waals surface area contributed by atoms with Crippen LogP contribution in [0.3, 0.4) is 0 Å². The van der Waals surface area contributed by atoms with Gasteiger partial charge in [-0.3, -0.25) is 19.2 Å². The third-order valence-electron chi connectivity index (χ3n) is 3.36.